The Balaban J connectivity index is 2.15. The first-order chi connectivity index (χ1) is 9.77. The molecule has 0 spiro atoms. The lowest BCUT2D eigenvalue weighted by atomic mass is 9.87. The average molecular weight is 288 g/mol. The molecule has 0 saturated heterocycles. The lowest BCUT2D eigenvalue weighted by molar-refractivity contribution is 0.0655. The number of carboxylic acids is 1. The monoisotopic (exact) mass is 288 g/mol. The first-order valence-electron chi connectivity index (χ1n) is 6.87. The first-order valence-corrected chi connectivity index (χ1v) is 6.87. The highest BCUT2D eigenvalue weighted by molar-refractivity contribution is 5.84. The second-order valence-electron chi connectivity index (χ2n) is 6.05. The van der Waals surface area contributed by atoms with Gasteiger partial charge in [0.2, 0.25) is 5.76 Å². The Morgan fingerprint density at radius 1 is 1.24 bits per heavy atom. The van der Waals surface area contributed by atoms with Gasteiger partial charge in [0.05, 0.1) is 0 Å². The molecule has 4 nitrogen and oxygen atoms in total. The molecule has 1 aromatic carbocycles. The van der Waals surface area contributed by atoms with Crippen LogP contribution in [0.25, 0.3) is 0 Å². The highest BCUT2D eigenvalue weighted by Crippen LogP contribution is 2.28. The molecule has 0 radical (unpaired) electrons. The van der Waals surface area contributed by atoms with Gasteiger partial charge in [0.1, 0.15) is 11.5 Å². The van der Waals surface area contributed by atoms with Gasteiger partial charge in [-0.3, -0.25) is 0 Å². The van der Waals surface area contributed by atoms with E-state index >= 15 is 0 Å². The van der Waals surface area contributed by atoms with Crippen molar-refractivity contribution in [3.63, 3.8) is 0 Å². The van der Waals surface area contributed by atoms with Crippen LogP contribution < -0.4 is 4.74 Å². The van der Waals surface area contributed by atoms with E-state index in [1.807, 2.05) is 25.1 Å². The van der Waals surface area contributed by atoms with E-state index in [4.69, 9.17) is 14.3 Å². The molecule has 0 bridgehead atoms. The zero-order valence-electron chi connectivity index (χ0n) is 12.7. The van der Waals surface area contributed by atoms with Crippen LogP contribution in [0.4, 0.5) is 0 Å². The Morgan fingerprint density at radius 3 is 2.52 bits per heavy atom. The standard InChI is InChI=1S/C17H20O4/c1-11(14-8-9-15(21-14)16(18)19)20-13-7-5-6-12(10-13)17(2,3)4/h5-11H,1-4H3,(H,18,19). The van der Waals surface area contributed by atoms with Crippen molar-refractivity contribution in [2.75, 3.05) is 0 Å². The number of carbonyl (C=O) groups is 1. The number of carboxylic acid groups (broad SMARTS) is 1. The van der Waals surface area contributed by atoms with Gasteiger partial charge >= 0.3 is 5.97 Å². The molecule has 0 fully saturated rings. The topological polar surface area (TPSA) is 59.7 Å². The van der Waals surface area contributed by atoms with Crippen molar-refractivity contribution in [3.05, 3.63) is 53.5 Å². The zero-order chi connectivity index (χ0) is 15.6. The van der Waals surface area contributed by atoms with Crippen molar-refractivity contribution in [1.29, 1.82) is 0 Å². The first kappa shape index (κ1) is 15.2. The van der Waals surface area contributed by atoms with Crippen molar-refractivity contribution in [3.8, 4) is 5.75 Å². The van der Waals surface area contributed by atoms with Crippen LogP contribution in [0.1, 0.15) is 55.7 Å². The summed E-state index contributed by atoms with van der Waals surface area (Å²) < 4.78 is 11.1. The Morgan fingerprint density at radius 2 is 1.95 bits per heavy atom. The van der Waals surface area contributed by atoms with Crippen molar-refractivity contribution >= 4 is 5.97 Å². The Hall–Kier alpha value is -2.23. The lowest BCUT2D eigenvalue weighted by Crippen LogP contribution is -2.11. The van der Waals surface area contributed by atoms with Crippen molar-refractivity contribution in [1.82, 2.24) is 0 Å². The van der Waals surface area contributed by atoms with Crippen LogP contribution >= 0.6 is 0 Å². The van der Waals surface area contributed by atoms with Gasteiger partial charge in [-0.1, -0.05) is 32.9 Å². The Bertz CT molecular complexity index is 634. The lowest BCUT2D eigenvalue weighted by Gasteiger charge is -2.20. The van der Waals surface area contributed by atoms with E-state index < -0.39 is 5.97 Å². The summed E-state index contributed by atoms with van der Waals surface area (Å²) in [7, 11) is 0. The number of aromatic carboxylic acids is 1. The van der Waals surface area contributed by atoms with Gasteiger partial charge in [0, 0.05) is 0 Å². The summed E-state index contributed by atoms with van der Waals surface area (Å²) in [6.07, 6.45) is -0.353. The SMILES string of the molecule is CC(Oc1cccc(C(C)(C)C)c1)c1ccc(C(=O)O)o1. The fourth-order valence-electron chi connectivity index (χ4n) is 1.98. The number of furan rings is 1. The van der Waals surface area contributed by atoms with Gasteiger partial charge in [-0.2, -0.15) is 0 Å². The van der Waals surface area contributed by atoms with Gasteiger partial charge in [-0.15, -0.1) is 0 Å². The molecule has 2 rings (SSSR count). The Kier molecular flexibility index (Phi) is 4.07. The van der Waals surface area contributed by atoms with E-state index in [0.717, 1.165) is 5.75 Å². The highest BCUT2D eigenvalue weighted by atomic mass is 16.5. The molecule has 1 unspecified atom stereocenters. The van der Waals surface area contributed by atoms with E-state index in [9.17, 15) is 4.79 Å². The highest BCUT2D eigenvalue weighted by Gasteiger charge is 2.17. The van der Waals surface area contributed by atoms with Gasteiger partial charge in [-0.05, 0) is 42.2 Å². The molecule has 0 aliphatic carbocycles. The Labute approximate surface area is 124 Å². The van der Waals surface area contributed by atoms with E-state index in [1.54, 1.807) is 6.07 Å². The van der Waals surface area contributed by atoms with Crippen LogP contribution in [0.15, 0.2) is 40.8 Å². The van der Waals surface area contributed by atoms with Gasteiger partial charge in [0.25, 0.3) is 0 Å². The van der Waals surface area contributed by atoms with Crippen molar-refractivity contribution < 1.29 is 19.1 Å². The summed E-state index contributed by atoms with van der Waals surface area (Å²) in [4.78, 5) is 10.8. The van der Waals surface area contributed by atoms with Gasteiger partial charge in [0.15, 0.2) is 6.10 Å². The summed E-state index contributed by atoms with van der Waals surface area (Å²) in [5.41, 5.74) is 1.22. The van der Waals surface area contributed by atoms with Crippen LogP contribution in [0.2, 0.25) is 0 Å². The molecule has 1 aromatic heterocycles. The van der Waals surface area contributed by atoms with Gasteiger partial charge < -0.3 is 14.3 Å². The van der Waals surface area contributed by atoms with E-state index in [0.29, 0.717) is 5.76 Å². The third kappa shape index (κ3) is 3.66. The summed E-state index contributed by atoms with van der Waals surface area (Å²) >= 11 is 0. The fourth-order valence-corrected chi connectivity index (χ4v) is 1.98. The third-order valence-corrected chi connectivity index (χ3v) is 3.25. The number of rotatable bonds is 4. The number of benzene rings is 1. The van der Waals surface area contributed by atoms with E-state index in [1.165, 1.54) is 11.6 Å². The summed E-state index contributed by atoms with van der Waals surface area (Å²) in [5.74, 6) is 0.0730. The quantitative estimate of drug-likeness (QED) is 0.905. The molecule has 0 amide bonds. The summed E-state index contributed by atoms with van der Waals surface area (Å²) in [5, 5.41) is 8.86. The fraction of sp³-hybridized carbons (Fsp3) is 0.353. The van der Waals surface area contributed by atoms with Crippen LogP contribution in [-0.2, 0) is 5.41 Å². The molecule has 112 valence electrons. The maximum absolute atomic E-state index is 10.8. The van der Waals surface area contributed by atoms with Crippen molar-refractivity contribution in [2.24, 2.45) is 0 Å². The molecular weight excluding hydrogens is 268 g/mol. The minimum atomic E-state index is -1.08. The maximum Gasteiger partial charge on any atom is 0.371 e. The molecule has 21 heavy (non-hydrogen) atoms. The molecule has 0 aliphatic heterocycles. The maximum atomic E-state index is 10.8. The molecular formula is C17H20O4. The van der Waals surface area contributed by atoms with Crippen LogP contribution in [-0.4, -0.2) is 11.1 Å². The van der Waals surface area contributed by atoms with Crippen LogP contribution in [0.3, 0.4) is 0 Å². The van der Waals surface area contributed by atoms with Gasteiger partial charge in [-0.25, -0.2) is 4.79 Å². The molecule has 1 heterocycles. The zero-order valence-corrected chi connectivity index (χ0v) is 12.7. The second-order valence-corrected chi connectivity index (χ2v) is 6.05. The molecule has 2 aromatic rings. The van der Waals surface area contributed by atoms with E-state index in [-0.39, 0.29) is 17.3 Å². The minimum Gasteiger partial charge on any atom is -0.483 e. The molecule has 1 N–H and O–H groups in total. The average Bonchev–Trinajstić information content (AvgIpc) is 2.88. The number of hydrogen-bond donors (Lipinski definition) is 1. The second kappa shape index (κ2) is 5.64. The smallest absolute Gasteiger partial charge is 0.371 e. The van der Waals surface area contributed by atoms with Crippen molar-refractivity contribution in [2.45, 2.75) is 39.2 Å². The third-order valence-electron chi connectivity index (χ3n) is 3.25. The largest absolute Gasteiger partial charge is 0.483 e. The molecule has 0 aliphatic rings. The predicted molar refractivity (Wildman–Crippen MR) is 79.9 cm³/mol. The van der Waals surface area contributed by atoms with Crippen LogP contribution in [0, 0.1) is 0 Å². The predicted octanol–water partition coefficient (Wildman–Crippen LogP) is 4.42. The summed E-state index contributed by atoms with van der Waals surface area (Å²) in [6, 6.07) is 11.0. The normalized spacial score (nSPS) is 13.0. The summed E-state index contributed by atoms with van der Waals surface area (Å²) in [6.45, 7) is 8.25. The number of hydrogen-bond acceptors (Lipinski definition) is 3. The van der Waals surface area contributed by atoms with Crippen LogP contribution in [0.5, 0.6) is 5.75 Å². The number of ether oxygens (including phenoxy) is 1. The molecule has 1 atom stereocenters. The molecule has 0 saturated carbocycles. The molecule has 4 heteroatoms. The minimum absolute atomic E-state index is 0.0454. The van der Waals surface area contributed by atoms with E-state index in [2.05, 4.69) is 26.8 Å².